The molecule has 6 rings (SSSR count). The van der Waals surface area contributed by atoms with Gasteiger partial charge in [-0.3, -0.25) is 0 Å². The first kappa shape index (κ1) is 28.3. The number of piperidine rings is 1. The summed E-state index contributed by atoms with van der Waals surface area (Å²) >= 11 is 0. The Bertz CT molecular complexity index is 1470. The molecule has 4 heterocycles. The summed E-state index contributed by atoms with van der Waals surface area (Å²) in [6.45, 7) is 0.0267. The van der Waals surface area contributed by atoms with E-state index in [0.717, 1.165) is 25.1 Å². The molecule has 0 spiro atoms. The van der Waals surface area contributed by atoms with Crippen LogP contribution in [0.1, 0.15) is 71.7 Å². The van der Waals surface area contributed by atoms with Gasteiger partial charge in [0.05, 0.1) is 23.8 Å². The van der Waals surface area contributed by atoms with Crippen LogP contribution in [0.5, 0.6) is 5.75 Å². The highest BCUT2D eigenvalue weighted by Crippen LogP contribution is 2.47. The number of halogens is 6. The Morgan fingerprint density at radius 1 is 1.05 bits per heavy atom. The summed E-state index contributed by atoms with van der Waals surface area (Å²) in [6, 6.07) is 6.11. The third-order valence-electron chi connectivity index (χ3n) is 7.98. The van der Waals surface area contributed by atoms with Crippen molar-refractivity contribution in [1.82, 2.24) is 10.1 Å². The van der Waals surface area contributed by atoms with Gasteiger partial charge < -0.3 is 24.0 Å². The van der Waals surface area contributed by atoms with E-state index in [4.69, 9.17) is 9.26 Å². The molecule has 2 atom stereocenters. The van der Waals surface area contributed by atoms with Crippen molar-refractivity contribution >= 4 is 11.8 Å². The molecule has 14 heteroatoms. The van der Waals surface area contributed by atoms with Crippen LogP contribution < -0.4 is 9.64 Å². The largest absolute Gasteiger partial charge is 0.573 e. The third kappa shape index (κ3) is 5.63. The van der Waals surface area contributed by atoms with Gasteiger partial charge in [-0.25, -0.2) is 9.78 Å². The first-order valence-corrected chi connectivity index (χ1v) is 13.4. The van der Waals surface area contributed by atoms with Crippen LogP contribution in [0.4, 0.5) is 32.2 Å². The van der Waals surface area contributed by atoms with Crippen LogP contribution in [0.25, 0.3) is 11.3 Å². The van der Waals surface area contributed by atoms with Crippen LogP contribution in [0, 0.1) is 0 Å². The summed E-state index contributed by atoms with van der Waals surface area (Å²) in [5.41, 5.74) is -1.28. The highest BCUT2D eigenvalue weighted by atomic mass is 19.4. The van der Waals surface area contributed by atoms with Crippen LogP contribution >= 0.6 is 0 Å². The number of nitrogens with zero attached hydrogens (tertiary/aromatic N) is 3. The van der Waals surface area contributed by atoms with Crippen LogP contribution in [0.3, 0.4) is 0 Å². The summed E-state index contributed by atoms with van der Waals surface area (Å²) in [7, 11) is 0. The molecule has 2 bridgehead atoms. The van der Waals surface area contributed by atoms with Crippen molar-refractivity contribution < 1.29 is 50.2 Å². The zero-order valence-corrected chi connectivity index (χ0v) is 21.9. The number of rotatable bonds is 8. The number of hydrogen-bond acceptors (Lipinski definition) is 7. The van der Waals surface area contributed by atoms with Crippen molar-refractivity contribution in [2.45, 2.75) is 81.8 Å². The monoisotopic (exact) mass is 597 g/mol. The Labute approximate surface area is 235 Å². The number of carbonyl (C=O) groups is 1. The number of aromatic carboxylic acids is 1. The van der Waals surface area contributed by atoms with Crippen molar-refractivity contribution in [1.29, 1.82) is 0 Å². The maximum atomic E-state index is 13.6. The van der Waals surface area contributed by atoms with Crippen molar-refractivity contribution in [2.75, 3.05) is 4.90 Å². The Morgan fingerprint density at radius 3 is 2.36 bits per heavy atom. The molecule has 2 aliphatic heterocycles. The number of anilines is 1. The molecule has 1 aliphatic carbocycles. The number of hydrogen-bond donors (Lipinski definition) is 1. The zero-order valence-electron chi connectivity index (χ0n) is 21.9. The topological polar surface area (TPSA) is 97.9 Å². The first-order valence-electron chi connectivity index (χ1n) is 13.4. The van der Waals surface area contributed by atoms with E-state index in [-0.39, 0.29) is 47.8 Å². The lowest BCUT2D eigenvalue weighted by atomic mass is 9.98. The van der Waals surface area contributed by atoms with E-state index < -0.39 is 35.4 Å². The highest BCUT2D eigenvalue weighted by molar-refractivity contribution is 5.89. The van der Waals surface area contributed by atoms with E-state index in [1.54, 1.807) is 6.07 Å². The minimum Gasteiger partial charge on any atom is -0.478 e. The number of benzene rings is 1. The number of carboxylic acid groups (broad SMARTS) is 1. The van der Waals surface area contributed by atoms with E-state index in [2.05, 4.69) is 14.9 Å². The number of alkyl halides is 6. The van der Waals surface area contributed by atoms with E-state index >= 15 is 0 Å². The maximum absolute atomic E-state index is 13.6. The predicted octanol–water partition coefficient (Wildman–Crippen LogP) is 6.95. The second-order valence-electron chi connectivity index (χ2n) is 10.8. The van der Waals surface area contributed by atoms with Crippen molar-refractivity contribution in [2.24, 2.45) is 0 Å². The normalized spacial score (nSPS) is 22.4. The van der Waals surface area contributed by atoms with Gasteiger partial charge in [0.2, 0.25) is 0 Å². The van der Waals surface area contributed by atoms with Gasteiger partial charge in [0.25, 0.3) is 0 Å². The highest BCUT2D eigenvalue weighted by Gasteiger charge is 2.44. The van der Waals surface area contributed by atoms with Crippen LogP contribution in [-0.2, 0) is 17.5 Å². The number of ether oxygens (including phenoxy) is 2. The molecule has 3 aromatic rings. The van der Waals surface area contributed by atoms with Gasteiger partial charge in [-0.1, -0.05) is 17.3 Å². The summed E-state index contributed by atoms with van der Waals surface area (Å²) in [4.78, 5) is 17.2. The summed E-state index contributed by atoms with van der Waals surface area (Å²) < 4.78 is 96.1. The predicted molar refractivity (Wildman–Crippen MR) is 134 cm³/mol. The fourth-order valence-electron chi connectivity index (χ4n) is 6.04. The molecule has 3 aliphatic rings. The summed E-state index contributed by atoms with van der Waals surface area (Å²) in [6.07, 6.45) is -5.22. The fourth-order valence-corrected chi connectivity index (χ4v) is 6.04. The number of fused-ring (bicyclic) bond motifs is 2. The molecule has 2 unspecified atom stereocenters. The SMILES string of the molecule is O=C(O)c1cnc(N2C3CCC2CC(OCc2c(-c4ccccc4OC(F)(F)F)noc2C2CC2)C3)cc1C(F)(F)F. The molecule has 2 saturated heterocycles. The molecule has 3 fully saturated rings. The molecule has 1 aromatic carbocycles. The van der Waals surface area contributed by atoms with E-state index in [0.29, 0.717) is 37.0 Å². The second-order valence-corrected chi connectivity index (χ2v) is 10.8. The third-order valence-corrected chi connectivity index (χ3v) is 7.98. The standard InChI is InChI=1S/C28H25F6N3O5/c29-27(30,31)21-11-23(35-12-19(21)26(38)39)37-15-7-8-16(37)10-17(9-15)40-13-20-24(36-42-25(20)14-5-6-14)18-3-1-2-4-22(18)41-28(32,33)34/h1-4,11-12,14-17H,5-10,13H2,(H,38,39). The second kappa shape index (κ2) is 10.5. The Kier molecular flexibility index (Phi) is 7.06. The number of carboxylic acids is 1. The van der Waals surface area contributed by atoms with Crippen molar-refractivity contribution in [3.05, 3.63) is 59.0 Å². The average molecular weight is 598 g/mol. The Morgan fingerprint density at radius 2 is 1.74 bits per heavy atom. The van der Waals surface area contributed by atoms with E-state index in [1.807, 2.05) is 4.90 Å². The van der Waals surface area contributed by atoms with E-state index in [1.165, 1.54) is 18.2 Å². The summed E-state index contributed by atoms with van der Waals surface area (Å²) in [5, 5.41) is 13.3. The molecule has 0 amide bonds. The van der Waals surface area contributed by atoms with E-state index in [9.17, 15) is 36.2 Å². The smallest absolute Gasteiger partial charge is 0.478 e. The van der Waals surface area contributed by atoms with Gasteiger partial charge in [-0.15, -0.1) is 13.2 Å². The molecule has 0 radical (unpaired) electrons. The first-order chi connectivity index (χ1) is 19.9. The lowest BCUT2D eigenvalue weighted by Gasteiger charge is -2.40. The molecule has 1 N–H and O–H groups in total. The lowest BCUT2D eigenvalue weighted by molar-refractivity contribution is -0.274. The van der Waals surface area contributed by atoms with Gasteiger partial charge in [-0.05, 0) is 56.7 Å². The summed E-state index contributed by atoms with van der Waals surface area (Å²) in [5.74, 6) is -1.39. The average Bonchev–Trinajstić information content (AvgIpc) is 3.62. The minimum absolute atomic E-state index is 0.0267. The van der Waals surface area contributed by atoms with Gasteiger partial charge in [-0.2, -0.15) is 13.2 Å². The Balaban J connectivity index is 1.21. The van der Waals surface area contributed by atoms with Gasteiger partial charge in [0.1, 0.15) is 23.0 Å². The van der Waals surface area contributed by atoms with Crippen molar-refractivity contribution in [3.8, 4) is 17.0 Å². The molecule has 1 saturated carbocycles. The lowest BCUT2D eigenvalue weighted by Crippen LogP contribution is -2.46. The van der Waals surface area contributed by atoms with Crippen LogP contribution in [-0.4, -0.2) is 45.8 Å². The zero-order chi connectivity index (χ0) is 29.8. The number of para-hydroxylation sites is 1. The number of aromatic nitrogens is 2. The van der Waals surface area contributed by atoms with Crippen LogP contribution in [0.2, 0.25) is 0 Å². The minimum atomic E-state index is -4.90. The maximum Gasteiger partial charge on any atom is 0.573 e. The molecular weight excluding hydrogens is 572 g/mol. The Hall–Kier alpha value is -3.81. The van der Waals surface area contributed by atoms with Gasteiger partial charge in [0, 0.05) is 35.3 Å². The number of pyridine rings is 1. The van der Waals surface area contributed by atoms with Crippen molar-refractivity contribution in [3.63, 3.8) is 0 Å². The quantitative estimate of drug-likeness (QED) is 0.279. The molecule has 42 heavy (non-hydrogen) atoms. The molecular formula is C28H25F6N3O5. The van der Waals surface area contributed by atoms with Gasteiger partial charge >= 0.3 is 18.5 Å². The van der Waals surface area contributed by atoms with Gasteiger partial charge in [0.15, 0.2) is 0 Å². The molecule has 224 valence electrons. The van der Waals surface area contributed by atoms with Crippen LogP contribution in [0.15, 0.2) is 41.1 Å². The molecule has 2 aromatic heterocycles. The molecule has 8 nitrogen and oxygen atoms in total. The fraction of sp³-hybridized carbons (Fsp3) is 0.464.